The minimum Gasteiger partial charge on any atom is -0.345 e. The molecule has 0 saturated carbocycles. The molecule has 28 heavy (non-hydrogen) atoms. The first-order valence-corrected chi connectivity index (χ1v) is 9.91. The molecule has 0 unspecified atom stereocenters. The Kier molecular flexibility index (Phi) is 6.16. The molecule has 1 amide bonds. The van der Waals surface area contributed by atoms with Gasteiger partial charge in [-0.3, -0.25) is 9.69 Å². The first-order chi connectivity index (χ1) is 13.4. The van der Waals surface area contributed by atoms with E-state index in [0.717, 1.165) is 49.2 Å². The number of hydrogen-bond acceptors (Lipinski definition) is 3. The van der Waals surface area contributed by atoms with E-state index in [1.54, 1.807) is 19.0 Å². The van der Waals surface area contributed by atoms with Crippen molar-refractivity contribution >= 4 is 5.91 Å². The van der Waals surface area contributed by atoms with Gasteiger partial charge in [-0.05, 0) is 54.1 Å². The number of carbonyl (C=O) groups is 1. The Balaban J connectivity index is 1.69. The van der Waals surface area contributed by atoms with E-state index < -0.39 is 0 Å². The third-order valence-electron chi connectivity index (χ3n) is 5.80. The van der Waals surface area contributed by atoms with Crippen LogP contribution in [-0.2, 0) is 6.54 Å². The summed E-state index contributed by atoms with van der Waals surface area (Å²) >= 11 is 0. The molecule has 0 N–H and O–H groups in total. The van der Waals surface area contributed by atoms with E-state index in [-0.39, 0.29) is 11.3 Å². The van der Waals surface area contributed by atoms with Crippen molar-refractivity contribution in [3.63, 3.8) is 0 Å². The first-order valence-electron chi connectivity index (χ1n) is 9.91. The Labute approximate surface area is 168 Å². The normalized spacial score (nSPS) is 16.4. The van der Waals surface area contributed by atoms with Crippen molar-refractivity contribution in [1.82, 2.24) is 9.80 Å². The van der Waals surface area contributed by atoms with Crippen LogP contribution in [0, 0.1) is 16.7 Å². The standard InChI is InChI=1S/C24H29N3O/c1-24(12-15-25)13-16-27(17-14-24)18-19-8-10-20(11-9-19)21-6-4-5-7-22(21)23(28)26(2)3/h4-11H,12-14,16-18H2,1-3H3. The van der Waals surface area contributed by atoms with Gasteiger partial charge in [0.1, 0.15) is 0 Å². The molecule has 0 atom stereocenters. The third-order valence-corrected chi connectivity index (χ3v) is 5.80. The van der Waals surface area contributed by atoms with Gasteiger partial charge >= 0.3 is 0 Å². The average Bonchev–Trinajstić information content (AvgIpc) is 2.70. The Morgan fingerprint density at radius 2 is 1.75 bits per heavy atom. The van der Waals surface area contributed by atoms with E-state index in [0.29, 0.717) is 6.42 Å². The van der Waals surface area contributed by atoms with E-state index in [2.05, 4.69) is 42.2 Å². The quantitative estimate of drug-likeness (QED) is 0.769. The number of nitrogens with zero attached hydrogens (tertiary/aromatic N) is 3. The zero-order chi connectivity index (χ0) is 20.1. The average molecular weight is 376 g/mol. The van der Waals surface area contributed by atoms with Gasteiger partial charge in [0.25, 0.3) is 5.91 Å². The maximum absolute atomic E-state index is 12.5. The number of amides is 1. The van der Waals surface area contributed by atoms with Crippen LogP contribution in [0.25, 0.3) is 11.1 Å². The molecule has 4 nitrogen and oxygen atoms in total. The second-order valence-corrected chi connectivity index (χ2v) is 8.36. The Hall–Kier alpha value is -2.64. The smallest absolute Gasteiger partial charge is 0.253 e. The minimum absolute atomic E-state index is 0.0217. The molecular formula is C24H29N3O. The molecule has 1 heterocycles. The summed E-state index contributed by atoms with van der Waals surface area (Å²) in [6.07, 6.45) is 2.82. The summed E-state index contributed by atoms with van der Waals surface area (Å²) < 4.78 is 0. The lowest BCUT2D eigenvalue weighted by atomic mass is 9.78. The molecule has 4 heteroatoms. The monoisotopic (exact) mass is 375 g/mol. The van der Waals surface area contributed by atoms with Gasteiger partial charge in [-0.1, -0.05) is 49.4 Å². The van der Waals surface area contributed by atoms with Gasteiger partial charge in [-0.15, -0.1) is 0 Å². The number of carbonyl (C=O) groups excluding carboxylic acids is 1. The molecule has 1 aliphatic rings. The van der Waals surface area contributed by atoms with E-state index >= 15 is 0 Å². The lowest BCUT2D eigenvalue weighted by molar-refractivity contribution is 0.0828. The van der Waals surface area contributed by atoms with Crippen molar-refractivity contribution in [1.29, 1.82) is 5.26 Å². The zero-order valence-corrected chi connectivity index (χ0v) is 17.1. The van der Waals surface area contributed by atoms with Crippen LogP contribution in [0.3, 0.4) is 0 Å². The van der Waals surface area contributed by atoms with Crippen molar-refractivity contribution in [3.05, 3.63) is 59.7 Å². The van der Waals surface area contributed by atoms with Crippen LogP contribution >= 0.6 is 0 Å². The Morgan fingerprint density at radius 3 is 2.36 bits per heavy atom. The summed E-state index contributed by atoms with van der Waals surface area (Å²) in [7, 11) is 3.56. The van der Waals surface area contributed by atoms with Crippen molar-refractivity contribution in [2.45, 2.75) is 32.7 Å². The minimum atomic E-state index is 0.0217. The van der Waals surface area contributed by atoms with Crippen molar-refractivity contribution in [2.75, 3.05) is 27.2 Å². The number of benzene rings is 2. The molecule has 3 rings (SSSR count). The first kappa shape index (κ1) is 20.1. The highest BCUT2D eigenvalue weighted by molar-refractivity contribution is 6.00. The van der Waals surface area contributed by atoms with Gasteiger partial charge in [-0.25, -0.2) is 0 Å². The van der Waals surface area contributed by atoms with Gasteiger partial charge < -0.3 is 4.90 Å². The molecule has 1 aliphatic heterocycles. The maximum atomic E-state index is 12.5. The topological polar surface area (TPSA) is 47.3 Å². The molecular weight excluding hydrogens is 346 g/mol. The molecule has 146 valence electrons. The van der Waals surface area contributed by atoms with Crippen LogP contribution in [-0.4, -0.2) is 42.9 Å². The fourth-order valence-corrected chi connectivity index (χ4v) is 3.83. The van der Waals surface area contributed by atoms with Crippen LogP contribution in [0.5, 0.6) is 0 Å². The Morgan fingerprint density at radius 1 is 1.11 bits per heavy atom. The van der Waals surface area contributed by atoms with Gasteiger partial charge in [0, 0.05) is 32.6 Å². The summed E-state index contributed by atoms with van der Waals surface area (Å²) in [5.41, 5.74) is 4.22. The second-order valence-electron chi connectivity index (χ2n) is 8.36. The van der Waals surface area contributed by atoms with Crippen LogP contribution in [0.15, 0.2) is 48.5 Å². The lowest BCUT2D eigenvalue weighted by Crippen LogP contribution is -2.38. The number of rotatable bonds is 5. The molecule has 2 aromatic rings. The summed E-state index contributed by atoms with van der Waals surface area (Å²) in [6, 6.07) is 18.7. The fraction of sp³-hybridized carbons (Fsp3) is 0.417. The predicted molar refractivity (Wildman–Crippen MR) is 113 cm³/mol. The van der Waals surface area contributed by atoms with Gasteiger partial charge in [0.2, 0.25) is 0 Å². The number of hydrogen-bond donors (Lipinski definition) is 0. The molecule has 1 saturated heterocycles. The zero-order valence-electron chi connectivity index (χ0n) is 17.1. The molecule has 0 bridgehead atoms. The number of nitriles is 1. The second kappa shape index (κ2) is 8.58. The summed E-state index contributed by atoms with van der Waals surface area (Å²) in [5, 5.41) is 9.00. The highest BCUT2D eigenvalue weighted by Crippen LogP contribution is 2.34. The van der Waals surface area contributed by atoms with E-state index in [9.17, 15) is 4.79 Å². The van der Waals surface area contributed by atoms with Crippen LogP contribution in [0.4, 0.5) is 0 Å². The van der Waals surface area contributed by atoms with Crippen molar-refractivity contribution in [3.8, 4) is 17.2 Å². The molecule has 0 aromatic heterocycles. The van der Waals surface area contributed by atoms with Gasteiger partial charge in [0.15, 0.2) is 0 Å². The summed E-state index contributed by atoms with van der Waals surface area (Å²) in [6.45, 7) is 5.25. The van der Waals surface area contributed by atoms with Crippen molar-refractivity contribution in [2.24, 2.45) is 5.41 Å². The van der Waals surface area contributed by atoms with E-state index in [4.69, 9.17) is 5.26 Å². The lowest BCUT2D eigenvalue weighted by Gasteiger charge is -2.38. The number of likely N-dealkylation sites (tertiary alicyclic amines) is 1. The van der Waals surface area contributed by atoms with Gasteiger partial charge in [0.05, 0.1) is 6.07 Å². The van der Waals surface area contributed by atoms with E-state index in [1.165, 1.54) is 5.56 Å². The maximum Gasteiger partial charge on any atom is 0.253 e. The number of piperidine rings is 1. The van der Waals surface area contributed by atoms with E-state index in [1.807, 2.05) is 24.3 Å². The molecule has 2 aromatic carbocycles. The van der Waals surface area contributed by atoms with Gasteiger partial charge in [-0.2, -0.15) is 5.26 Å². The summed E-state index contributed by atoms with van der Waals surface area (Å²) in [5.74, 6) is 0.0217. The van der Waals surface area contributed by atoms with Crippen LogP contribution < -0.4 is 0 Å². The Bertz CT molecular complexity index is 856. The molecule has 1 fully saturated rings. The fourth-order valence-electron chi connectivity index (χ4n) is 3.83. The van der Waals surface area contributed by atoms with Crippen LogP contribution in [0.2, 0.25) is 0 Å². The highest BCUT2D eigenvalue weighted by atomic mass is 16.2. The predicted octanol–water partition coefficient (Wildman–Crippen LogP) is 4.57. The SMILES string of the molecule is CN(C)C(=O)c1ccccc1-c1ccc(CN2CCC(C)(CC#N)CC2)cc1. The summed E-state index contributed by atoms with van der Waals surface area (Å²) in [4.78, 5) is 16.6. The highest BCUT2D eigenvalue weighted by Gasteiger charge is 2.29. The molecule has 0 radical (unpaired) electrons. The van der Waals surface area contributed by atoms with Crippen LogP contribution in [0.1, 0.15) is 42.1 Å². The third kappa shape index (κ3) is 4.61. The largest absolute Gasteiger partial charge is 0.345 e. The molecule has 0 aliphatic carbocycles. The van der Waals surface area contributed by atoms with Crippen molar-refractivity contribution < 1.29 is 4.79 Å². The molecule has 0 spiro atoms.